The van der Waals surface area contributed by atoms with Gasteiger partial charge in [-0.2, -0.15) is 0 Å². The molecule has 143 valence electrons. The Hall–Kier alpha value is -2.40. The summed E-state index contributed by atoms with van der Waals surface area (Å²) in [5.74, 6) is 0. The number of hydrogen-bond donors (Lipinski definition) is 3. The third-order valence-electron chi connectivity index (χ3n) is 2.39. The topological polar surface area (TPSA) is 198 Å². The fourth-order valence-electron chi connectivity index (χ4n) is 1.58. The van der Waals surface area contributed by atoms with Crippen LogP contribution in [-0.2, 0) is 12.8 Å². The first-order chi connectivity index (χ1) is 12.1. The zero-order valence-electron chi connectivity index (χ0n) is 14.4. The van der Waals surface area contributed by atoms with Gasteiger partial charge in [0.05, 0.1) is 0 Å². The van der Waals surface area contributed by atoms with Crippen LogP contribution >= 0.6 is 0 Å². The monoisotopic (exact) mass is 504 g/mol. The number of carbonyl (C=O) groups excluding carboxylic acids is 3. The molecule has 3 amide bonds. The minimum Gasteiger partial charge on any atom is -0.530 e. The molecule has 0 aliphatic heterocycles. The molecule has 0 heterocycles. The van der Waals surface area contributed by atoms with Crippen molar-refractivity contribution in [2.75, 3.05) is 0 Å². The molecule has 6 N–H and O–H groups in total. The van der Waals surface area contributed by atoms with E-state index in [0.29, 0.717) is 0 Å². The second-order valence-electron chi connectivity index (χ2n) is 4.43. The first-order valence-electron chi connectivity index (χ1n) is 7.12. The van der Waals surface area contributed by atoms with Gasteiger partial charge in [0.1, 0.15) is 18.3 Å². The van der Waals surface area contributed by atoms with Crippen molar-refractivity contribution in [1.29, 1.82) is 0 Å². The second kappa shape index (κ2) is 19.9. The quantitative estimate of drug-likeness (QED) is 0.445. The summed E-state index contributed by atoms with van der Waals surface area (Å²) in [5, 5.41) is 26.0. The van der Waals surface area contributed by atoms with E-state index in [1.165, 1.54) is 11.1 Å². The maximum Gasteiger partial charge on any atom is 3.00 e. The van der Waals surface area contributed by atoms with Crippen LogP contribution in [0.25, 0.3) is 0 Å². The predicted molar refractivity (Wildman–Crippen MR) is 89.0 cm³/mol. The minimum absolute atomic E-state index is 0. The summed E-state index contributed by atoms with van der Waals surface area (Å²) in [5.41, 5.74) is 14.6. The molecule has 0 unspecified atom stereocenters. The van der Waals surface area contributed by atoms with Gasteiger partial charge >= 0.3 is 40.8 Å². The minimum atomic E-state index is -1.58. The SMILES string of the molecule is NC(=O)[O-].NC(=O)[O-].NC(=O)[O-].[Nd+3].c1ccc(CCc2ccccc2)cc1. The molecule has 0 aliphatic carbocycles. The Bertz CT molecular complexity index is 562. The second-order valence-corrected chi connectivity index (χ2v) is 4.43. The van der Waals surface area contributed by atoms with Crippen LogP contribution in [0.2, 0.25) is 0 Å². The van der Waals surface area contributed by atoms with E-state index < -0.39 is 18.3 Å². The van der Waals surface area contributed by atoms with Crippen LogP contribution < -0.4 is 32.5 Å². The molecular weight excluding hydrogens is 486 g/mol. The van der Waals surface area contributed by atoms with E-state index in [1.807, 2.05) is 0 Å². The Morgan fingerprint density at radius 2 is 0.778 bits per heavy atom. The molecule has 0 bridgehead atoms. The summed E-state index contributed by atoms with van der Waals surface area (Å²) < 4.78 is 0. The van der Waals surface area contributed by atoms with E-state index in [1.54, 1.807) is 0 Å². The van der Waals surface area contributed by atoms with Gasteiger partial charge in [0.2, 0.25) is 0 Å². The molecule has 0 fully saturated rings. The van der Waals surface area contributed by atoms with Crippen LogP contribution in [0.5, 0.6) is 0 Å². The van der Waals surface area contributed by atoms with Gasteiger partial charge in [0, 0.05) is 0 Å². The van der Waals surface area contributed by atoms with Crippen LogP contribution in [0, 0.1) is 40.8 Å². The van der Waals surface area contributed by atoms with Crippen LogP contribution in [0.4, 0.5) is 14.4 Å². The Balaban J connectivity index is -0.000000371. The summed E-state index contributed by atoms with van der Waals surface area (Å²) in [6.45, 7) is 0. The molecule has 2 rings (SSSR count). The first-order valence-corrected chi connectivity index (χ1v) is 7.12. The fourth-order valence-corrected chi connectivity index (χ4v) is 1.58. The van der Waals surface area contributed by atoms with Crippen LogP contribution in [0.15, 0.2) is 60.7 Å². The molecule has 10 heteroatoms. The Morgan fingerprint density at radius 3 is 0.963 bits per heavy atom. The Labute approximate surface area is 189 Å². The molecule has 0 aliphatic rings. The zero-order valence-corrected chi connectivity index (χ0v) is 17.6. The normalized spacial score (nSPS) is 7.85. The van der Waals surface area contributed by atoms with Gasteiger partial charge in [-0.25, -0.2) is 0 Å². The van der Waals surface area contributed by atoms with Gasteiger partial charge in [-0.15, -0.1) is 0 Å². The largest absolute Gasteiger partial charge is 3.00 e. The number of aryl methyl sites for hydroxylation is 2. The molecule has 27 heavy (non-hydrogen) atoms. The zero-order chi connectivity index (χ0) is 20.4. The van der Waals surface area contributed by atoms with E-state index in [0.717, 1.165) is 12.8 Å². The number of rotatable bonds is 3. The molecular formula is C17H20N3NdO6. The number of benzene rings is 2. The third-order valence-corrected chi connectivity index (χ3v) is 2.39. The summed E-state index contributed by atoms with van der Waals surface area (Å²) in [7, 11) is 0. The summed E-state index contributed by atoms with van der Waals surface area (Å²) >= 11 is 0. The van der Waals surface area contributed by atoms with Crippen molar-refractivity contribution in [2.45, 2.75) is 12.8 Å². The van der Waals surface area contributed by atoms with Crippen molar-refractivity contribution in [3.63, 3.8) is 0 Å². The van der Waals surface area contributed by atoms with Gasteiger partial charge in [-0.1, -0.05) is 60.7 Å². The predicted octanol–water partition coefficient (Wildman–Crippen LogP) is -1.66. The number of nitrogens with two attached hydrogens (primary N) is 3. The average molecular weight is 507 g/mol. The smallest absolute Gasteiger partial charge is 0.530 e. The van der Waals surface area contributed by atoms with Crippen molar-refractivity contribution in [1.82, 2.24) is 0 Å². The standard InChI is InChI=1S/C14H14.3CH3NO2.Nd/c1-3-7-13(8-4-1)11-12-14-9-5-2-6-10-14;3*2-1(3)4;/h1-10H,11-12H2;3*2H2,(H,3,4);/q;;;;+3/p-3. The summed E-state index contributed by atoms with van der Waals surface area (Å²) in [6.07, 6.45) is -2.49. The number of hydrogen-bond acceptors (Lipinski definition) is 6. The van der Waals surface area contributed by atoms with Crippen molar-refractivity contribution in [3.8, 4) is 0 Å². The van der Waals surface area contributed by atoms with Gasteiger partial charge in [0.25, 0.3) is 0 Å². The van der Waals surface area contributed by atoms with Gasteiger partial charge in [-0.3, -0.25) is 0 Å². The molecule has 0 spiro atoms. The molecule has 2 aromatic rings. The molecule has 2 aromatic carbocycles. The Kier molecular flexibility index (Phi) is 21.7. The van der Waals surface area contributed by atoms with E-state index >= 15 is 0 Å². The average Bonchev–Trinajstić information content (AvgIpc) is 2.53. The number of carboxylic acid groups (broad SMARTS) is 3. The molecule has 9 nitrogen and oxygen atoms in total. The molecule has 1 radical (unpaired) electrons. The van der Waals surface area contributed by atoms with Crippen molar-refractivity contribution in [3.05, 3.63) is 71.8 Å². The van der Waals surface area contributed by atoms with E-state index in [4.69, 9.17) is 29.7 Å². The fraction of sp³-hybridized carbons (Fsp3) is 0.118. The molecule has 0 atom stereocenters. The van der Waals surface area contributed by atoms with E-state index in [-0.39, 0.29) is 40.8 Å². The maximum atomic E-state index is 8.67. The van der Waals surface area contributed by atoms with Crippen LogP contribution in [0.3, 0.4) is 0 Å². The van der Waals surface area contributed by atoms with Crippen LogP contribution in [0.1, 0.15) is 11.1 Å². The molecule has 0 saturated heterocycles. The van der Waals surface area contributed by atoms with E-state index in [9.17, 15) is 0 Å². The van der Waals surface area contributed by atoms with Gasteiger partial charge < -0.3 is 46.9 Å². The number of carbonyl (C=O) groups is 3. The summed E-state index contributed by atoms with van der Waals surface area (Å²) in [6, 6.07) is 21.2. The first kappa shape index (κ1) is 29.4. The summed E-state index contributed by atoms with van der Waals surface area (Å²) in [4.78, 5) is 26.0. The molecule has 0 aromatic heterocycles. The number of primary amides is 3. The van der Waals surface area contributed by atoms with Crippen molar-refractivity contribution >= 4 is 18.3 Å². The maximum absolute atomic E-state index is 8.67. The Morgan fingerprint density at radius 1 is 0.593 bits per heavy atom. The van der Waals surface area contributed by atoms with Crippen LogP contribution in [-0.4, -0.2) is 18.3 Å². The van der Waals surface area contributed by atoms with Crippen molar-refractivity contribution < 1.29 is 70.5 Å². The number of amides is 3. The van der Waals surface area contributed by atoms with Gasteiger partial charge in [-0.05, 0) is 24.0 Å². The third kappa shape index (κ3) is 31.8. The van der Waals surface area contributed by atoms with Crippen molar-refractivity contribution in [2.24, 2.45) is 17.2 Å². The van der Waals surface area contributed by atoms with E-state index in [2.05, 4.69) is 77.9 Å². The molecule has 0 saturated carbocycles. The van der Waals surface area contributed by atoms with Gasteiger partial charge in [0.15, 0.2) is 0 Å².